The first-order valence-corrected chi connectivity index (χ1v) is 7.76. The maximum atomic E-state index is 6.32. The molecule has 18 heavy (non-hydrogen) atoms. The van der Waals surface area contributed by atoms with Gasteiger partial charge in [-0.3, -0.25) is 0 Å². The van der Waals surface area contributed by atoms with E-state index < -0.39 is 0 Å². The highest BCUT2D eigenvalue weighted by molar-refractivity contribution is 4.82. The summed E-state index contributed by atoms with van der Waals surface area (Å²) in [7, 11) is 0. The van der Waals surface area contributed by atoms with Gasteiger partial charge >= 0.3 is 0 Å². The van der Waals surface area contributed by atoms with E-state index in [0.717, 1.165) is 31.3 Å². The summed E-state index contributed by atoms with van der Waals surface area (Å²) < 4.78 is 12.1. The largest absolute Gasteiger partial charge is 0.375 e. The fourth-order valence-corrected chi connectivity index (χ4v) is 3.46. The molecule has 1 aliphatic heterocycles. The van der Waals surface area contributed by atoms with Gasteiger partial charge in [-0.15, -0.1) is 0 Å². The van der Waals surface area contributed by atoms with Crippen LogP contribution in [0, 0.1) is 11.8 Å². The Bertz CT molecular complexity index is 252. The predicted octanol–water partition coefficient (Wildman–Crippen LogP) is 4.18. The summed E-state index contributed by atoms with van der Waals surface area (Å²) in [6, 6.07) is 0. The third-order valence-corrected chi connectivity index (χ3v) is 4.70. The number of hydrogen-bond acceptors (Lipinski definition) is 2. The van der Waals surface area contributed by atoms with Crippen LogP contribution in [0.1, 0.15) is 66.2 Å². The zero-order valence-electron chi connectivity index (χ0n) is 12.6. The van der Waals surface area contributed by atoms with Gasteiger partial charge in [0.25, 0.3) is 0 Å². The number of ether oxygens (including phenoxy) is 2. The molecule has 1 unspecified atom stereocenters. The van der Waals surface area contributed by atoms with Crippen LogP contribution in [0.25, 0.3) is 0 Å². The molecule has 1 saturated carbocycles. The molecule has 1 saturated heterocycles. The van der Waals surface area contributed by atoms with Crippen LogP contribution >= 0.6 is 0 Å². The zero-order valence-corrected chi connectivity index (χ0v) is 12.6. The van der Waals surface area contributed by atoms with E-state index in [1.165, 1.54) is 25.7 Å². The molecule has 1 heterocycles. The average Bonchev–Trinajstić information content (AvgIpc) is 2.28. The second kappa shape index (κ2) is 5.92. The second-order valence-electron chi connectivity index (χ2n) is 7.14. The summed E-state index contributed by atoms with van der Waals surface area (Å²) in [6.07, 6.45) is 8.31. The molecule has 0 aromatic heterocycles. The van der Waals surface area contributed by atoms with Crippen LogP contribution in [0.2, 0.25) is 0 Å². The first-order chi connectivity index (χ1) is 8.46. The van der Waals surface area contributed by atoms with Gasteiger partial charge in [-0.2, -0.15) is 0 Å². The fourth-order valence-electron chi connectivity index (χ4n) is 3.46. The Morgan fingerprint density at radius 1 is 1.00 bits per heavy atom. The molecule has 2 nitrogen and oxygen atoms in total. The Hall–Kier alpha value is -0.0800. The lowest BCUT2D eigenvalue weighted by atomic mass is 9.80. The first-order valence-electron chi connectivity index (χ1n) is 7.76. The van der Waals surface area contributed by atoms with Crippen molar-refractivity contribution in [2.75, 3.05) is 6.61 Å². The van der Waals surface area contributed by atoms with E-state index in [1.54, 1.807) is 0 Å². The van der Waals surface area contributed by atoms with Crippen molar-refractivity contribution < 1.29 is 9.47 Å². The Kier molecular flexibility index (Phi) is 4.71. The third kappa shape index (κ3) is 3.96. The predicted molar refractivity (Wildman–Crippen MR) is 74.7 cm³/mol. The minimum Gasteiger partial charge on any atom is -0.375 e. The number of hydrogen-bond donors (Lipinski definition) is 0. The van der Waals surface area contributed by atoms with E-state index in [4.69, 9.17) is 9.47 Å². The van der Waals surface area contributed by atoms with Crippen LogP contribution in [-0.2, 0) is 9.47 Å². The van der Waals surface area contributed by atoms with Crippen molar-refractivity contribution in [3.05, 3.63) is 0 Å². The quantitative estimate of drug-likeness (QED) is 0.752. The van der Waals surface area contributed by atoms with Gasteiger partial charge in [0, 0.05) is 13.0 Å². The van der Waals surface area contributed by atoms with Crippen molar-refractivity contribution in [3.63, 3.8) is 0 Å². The van der Waals surface area contributed by atoms with E-state index in [0.29, 0.717) is 12.2 Å². The van der Waals surface area contributed by atoms with Crippen LogP contribution < -0.4 is 0 Å². The third-order valence-electron chi connectivity index (χ3n) is 4.70. The van der Waals surface area contributed by atoms with E-state index in [2.05, 4.69) is 27.7 Å². The molecule has 0 aromatic rings. The Morgan fingerprint density at radius 2 is 1.67 bits per heavy atom. The van der Waals surface area contributed by atoms with Gasteiger partial charge in [-0.05, 0) is 57.8 Å². The van der Waals surface area contributed by atoms with Gasteiger partial charge in [0.05, 0.1) is 17.8 Å². The van der Waals surface area contributed by atoms with Gasteiger partial charge in [0.2, 0.25) is 0 Å². The summed E-state index contributed by atoms with van der Waals surface area (Å²) >= 11 is 0. The molecular weight excluding hydrogens is 224 g/mol. The monoisotopic (exact) mass is 254 g/mol. The highest BCUT2D eigenvalue weighted by Crippen LogP contribution is 2.34. The van der Waals surface area contributed by atoms with E-state index in [1.807, 2.05) is 0 Å². The first kappa shape index (κ1) is 14.3. The molecule has 2 aliphatic rings. The molecule has 1 atom stereocenters. The van der Waals surface area contributed by atoms with Crippen LogP contribution in [0.15, 0.2) is 0 Å². The maximum Gasteiger partial charge on any atom is 0.0651 e. The van der Waals surface area contributed by atoms with Gasteiger partial charge < -0.3 is 9.47 Å². The van der Waals surface area contributed by atoms with Crippen molar-refractivity contribution >= 4 is 0 Å². The van der Waals surface area contributed by atoms with Crippen LogP contribution in [0.3, 0.4) is 0 Å². The molecule has 0 spiro atoms. The Morgan fingerprint density at radius 3 is 2.22 bits per heavy atom. The van der Waals surface area contributed by atoms with Crippen molar-refractivity contribution in [1.82, 2.24) is 0 Å². The second-order valence-corrected chi connectivity index (χ2v) is 7.14. The lowest BCUT2D eigenvalue weighted by Gasteiger charge is -2.39. The van der Waals surface area contributed by atoms with Crippen molar-refractivity contribution in [2.45, 2.75) is 84.0 Å². The normalized spacial score (nSPS) is 36.8. The van der Waals surface area contributed by atoms with Crippen LogP contribution in [-0.4, -0.2) is 24.4 Å². The standard InChI is InChI=1S/C16H30O2/c1-12(2)13-5-7-14(8-6-13)18-15-9-10-17-16(3,4)11-15/h12-15H,5-11H2,1-4H3. The van der Waals surface area contributed by atoms with E-state index in [9.17, 15) is 0 Å². The minimum atomic E-state index is 0.0120. The van der Waals surface area contributed by atoms with E-state index in [-0.39, 0.29) is 5.60 Å². The van der Waals surface area contributed by atoms with Crippen LogP contribution in [0.4, 0.5) is 0 Å². The topological polar surface area (TPSA) is 18.5 Å². The Balaban J connectivity index is 1.74. The summed E-state index contributed by atoms with van der Waals surface area (Å²) in [5.74, 6) is 1.77. The molecule has 2 fully saturated rings. The van der Waals surface area contributed by atoms with Gasteiger partial charge in [-0.25, -0.2) is 0 Å². The molecule has 1 aliphatic carbocycles. The average molecular weight is 254 g/mol. The van der Waals surface area contributed by atoms with Crippen LogP contribution in [0.5, 0.6) is 0 Å². The lowest BCUT2D eigenvalue weighted by Crippen LogP contribution is -2.40. The molecular formula is C16H30O2. The Labute approximate surface area is 112 Å². The molecule has 2 rings (SSSR count). The molecule has 0 N–H and O–H groups in total. The van der Waals surface area contributed by atoms with Gasteiger partial charge in [0.1, 0.15) is 0 Å². The molecule has 0 bridgehead atoms. The summed E-state index contributed by atoms with van der Waals surface area (Å²) in [5, 5.41) is 0. The fraction of sp³-hybridized carbons (Fsp3) is 1.00. The van der Waals surface area contributed by atoms with Crippen molar-refractivity contribution in [2.24, 2.45) is 11.8 Å². The molecule has 0 radical (unpaired) electrons. The van der Waals surface area contributed by atoms with Crippen molar-refractivity contribution in [1.29, 1.82) is 0 Å². The molecule has 0 aromatic carbocycles. The van der Waals surface area contributed by atoms with Gasteiger partial charge in [0.15, 0.2) is 0 Å². The smallest absolute Gasteiger partial charge is 0.0651 e. The van der Waals surface area contributed by atoms with Crippen molar-refractivity contribution in [3.8, 4) is 0 Å². The summed E-state index contributed by atoms with van der Waals surface area (Å²) in [6.45, 7) is 9.93. The van der Waals surface area contributed by atoms with Gasteiger partial charge in [-0.1, -0.05) is 13.8 Å². The molecule has 0 amide bonds. The lowest BCUT2D eigenvalue weighted by molar-refractivity contribution is -0.139. The maximum absolute atomic E-state index is 6.32. The molecule has 2 heteroatoms. The molecule has 106 valence electrons. The summed E-state index contributed by atoms with van der Waals surface area (Å²) in [5.41, 5.74) is 0.0120. The highest BCUT2D eigenvalue weighted by atomic mass is 16.5. The highest BCUT2D eigenvalue weighted by Gasteiger charge is 2.32. The minimum absolute atomic E-state index is 0.0120. The number of rotatable bonds is 3. The SMILES string of the molecule is CC(C)C1CCC(OC2CCOC(C)(C)C2)CC1. The summed E-state index contributed by atoms with van der Waals surface area (Å²) in [4.78, 5) is 0. The zero-order chi connectivity index (χ0) is 13.2. The van der Waals surface area contributed by atoms with E-state index >= 15 is 0 Å².